The SMILES string of the molecule is CCCCc1ccc(CNCC2CCC(CC)CC2)cc1. The van der Waals surface area contributed by atoms with Crippen LogP contribution in [0, 0.1) is 11.8 Å². The van der Waals surface area contributed by atoms with Gasteiger partial charge in [0.25, 0.3) is 0 Å². The summed E-state index contributed by atoms with van der Waals surface area (Å²) in [5, 5.41) is 3.67. The minimum atomic E-state index is 0.914. The molecule has 1 aromatic rings. The molecule has 1 N–H and O–H groups in total. The Morgan fingerprint density at radius 3 is 2.14 bits per heavy atom. The Morgan fingerprint density at radius 1 is 0.905 bits per heavy atom. The number of benzene rings is 1. The third-order valence-corrected chi connectivity index (χ3v) is 5.15. The zero-order chi connectivity index (χ0) is 14.9. The van der Waals surface area contributed by atoms with Gasteiger partial charge in [-0.1, -0.05) is 63.8 Å². The van der Waals surface area contributed by atoms with Crippen molar-refractivity contribution in [2.45, 2.75) is 71.8 Å². The molecule has 1 nitrogen and oxygen atoms in total. The Labute approximate surface area is 131 Å². The molecule has 0 amide bonds. The second-order valence-corrected chi connectivity index (χ2v) is 6.85. The van der Waals surface area contributed by atoms with Gasteiger partial charge >= 0.3 is 0 Å². The molecule has 0 aliphatic heterocycles. The molecule has 2 rings (SSSR count). The Kier molecular flexibility index (Phi) is 7.29. The van der Waals surface area contributed by atoms with E-state index in [1.807, 2.05) is 0 Å². The molecule has 0 spiro atoms. The van der Waals surface area contributed by atoms with Crippen molar-refractivity contribution in [1.82, 2.24) is 5.32 Å². The topological polar surface area (TPSA) is 12.0 Å². The van der Waals surface area contributed by atoms with Crippen molar-refractivity contribution in [2.24, 2.45) is 11.8 Å². The maximum atomic E-state index is 3.67. The van der Waals surface area contributed by atoms with Gasteiger partial charge < -0.3 is 5.32 Å². The zero-order valence-electron chi connectivity index (χ0n) is 14.0. The van der Waals surface area contributed by atoms with Gasteiger partial charge in [0.15, 0.2) is 0 Å². The molecule has 1 aromatic carbocycles. The van der Waals surface area contributed by atoms with Crippen LogP contribution in [0.25, 0.3) is 0 Å². The van der Waals surface area contributed by atoms with Crippen LogP contribution >= 0.6 is 0 Å². The third-order valence-electron chi connectivity index (χ3n) is 5.15. The van der Waals surface area contributed by atoms with Crippen LogP contribution < -0.4 is 5.32 Å². The fourth-order valence-corrected chi connectivity index (χ4v) is 3.47. The molecule has 1 aliphatic rings. The van der Waals surface area contributed by atoms with Crippen LogP contribution in [0.5, 0.6) is 0 Å². The number of unbranched alkanes of at least 4 members (excludes halogenated alkanes) is 1. The minimum Gasteiger partial charge on any atom is -0.312 e. The molecule has 0 aromatic heterocycles. The molecule has 0 saturated heterocycles. The number of rotatable bonds is 8. The van der Waals surface area contributed by atoms with E-state index in [0.717, 1.165) is 18.4 Å². The lowest BCUT2D eigenvalue weighted by atomic mass is 9.81. The first kappa shape index (κ1) is 16.5. The van der Waals surface area contributed by atoms with Crippen molar-refractivity contribution >= 4 is 0 Å². The number of hydrogen-bond donors (Lipinski definition) is 1. The van der Waals surface area contributed by atoms with E-state index >= 15 is 0 Å². The quantitative estimate of drug-likeness (QED) is 0.681. The molecule has 0 atom stereocenters. The van der Waals surface area contributed by atoms with Crippen molar-refractivity contribution in [3.63, 3.8) is 0 Å². The Balaban J connectivity index is 1.64. The molecule has 1 aliphatic carbocycles. The minimum absolute atomic E-state index is 0.914. The molecule has 0 heterocycles. The van der Waals surface area contributed by atoms with Gasteiger partial charge in [-0.15, -0.1) is 0 Å². The standard InChI is InChI=1S/C20H33N/c1-3-5-6-18-9-13-20(14-10-18)16-21-15-19-11-7-17(4-2)8-12-19/h9-10,13-14,17,19,21H,3-8,11-12,15-16H2,1-2H3. The highest BCUT2D eigenvalue weighted by Crippen LogP contribution is 2.30. The summed E-state index contributed by atoms with van der Waals surface area (Å²) in [6, 6.07) is 9.20. The van der Waals surface area contributed by atoms with E-state index in [0.29, 0.717) is 0 Å². The van der Waals surface area contributed by atoms with Crippen LogP contribution in [0.4, 0.5) is 0 Å². The highest BCUT2D eigenvalue weighted by Gasteiger charge is 2.19. The fraction of sp³-hybridized carbons (Fsp3) is 0.700. The van der Waals surface area contributed by atoms with E-state index in [2.05, 4.69) is 43.4 Å². The van der Waals surface area contributed by atoms with Crippen molar-refractivity contribution in [1.29, 1.82) is 0 Å². The van der Waals surface area contributed by atoms with Crippen molar-refractivity contribution in [3.8, 4) is 0 Å². The molecule has 1 saturated carbocycles. The lowest BCUT2D eigenvalue weighted by molar-refractivity contribution is 0.262. The van der Waals surface area contributed by atoms with E-state index in [1.165, 1.54) is 69.0 Å². The van der Waals surface area contributed by atoms with Crippen molar-refractivity contribution in [2.75, 3.05) is 6.54 Å². The largest absolute Gasteiger partial charge is 0.312 e. The summed E-state index contributed by atoms with van der Waals surface area (Å²) in [5.41, 5.74) is 2.91. The average Bonchev–Trinajstić information content (AvgIpc) is 2.55. The lowest BCUT2D eigenvalue weighted by Gasteiger charge is -2.27. The molecule has 118 valence electrons. The lowest BCUT2D eigenvalue weighted by Crippen LogP contribution is -2.26. The van der Waals surface area contributed by atoms with Gasteiger partial charge in [0, 0.05) is 6.54 Å². The predicted octanol–water partition coefficient (Wildman–Crippen LogP) is 5.34. The smallest absolute Gasteiger partial charge is 0.0205 e. The molecule has 0 radical (unpaired) electrons. The number of hydrogen-bond acceptors (Lipinski definition) is 1. The molecule has 0 unspecified atom stereocenters. The normalized spacial score (nSPS) is 22.4. The Morgan fingerprint density at radius 2 is 1.52 bits per heavy atom. The van der Waals surface area contributed by atoms with Gasteiger partial charge in [0.05, 0.1) is 0 Å². The van der Waals surface area contributed by atoms with Gasteiger partial charge in [-0.2, -0.15) is 0 Å². The zero-order valence-corrected chi connectivity index (χ0v) is 14.0. The summed E-state index contributed by atoms with van der Waals surface area (Å²) in [5.74, 6) is 1.92. The number of aryl methyl sites for hydroxylation is 1. The molecular weight excluding hydrogens is 254 g/mol. The average molecular weight is 287 g/mol. The van der Waals surface area contributed by atoms with Crippen LogP contribution in [-0.2, 0) is 13.0 Å². The Bertz CT molecular complexity index is 373. The van der Waals surface area contributed by atoms with Gasteiger partial charge in [-0.3, -0.25) is 0 Å². The molecular formula is C20H33N. The van der Waals surface area contributed by atoms with E-state index < -0.39 is 0 Å². The molecule has 21 heavy (non-hydrogen) atoms. The summed E-state index contributed by atoms with van der Waals surface area (Å²) in [6.07, 6.45) is 11.0. The summed E-state index contributed by atoms with van der Waals surface area (Å²) >= 11 is 0. The summed E-state index contributed by atoms with van der Waals surface area (Å²) in [6.45, 7) is 6.83. The maximum absolute atomic E-state index is 3.67. The van der Waals surface area contributed by atoms with E-state index in [9.17, 15) is 0 Å². The fourth-order valence-electron chi connectivity index (χ4n) is 3.47. The second kappa shape index (κ2) is 9.25. The van der Waals surface area contributed by atoms with Gasteiger partial charge in [0.1, 0.15) is 0 Å². The second-order valence-electron chi connectivity index (χ2n) is 6.85. The highest BCUT2D eigenvalue weighted by molar-refractivity contribution is 5.22. The van der Waals surface area contributed by atoms with E-state index in [4.69, 9.17) is 0 Å². The molecule has 1 fully saturated rings. The van der Waals surface area contributed by atoms with Crippen LogP contribution in [-0.4, -0.2) is 6.54 Å². The summed E-state index contributed by atoms with van der Waals surface area (Å²) in [4.78, 5) is 0. The highest BCUT2D eigenvalue weighted by atomic mass is 14.9. The van der Waals surface area contributed by atoms with Gasteiger partial charge in [-0.25, -0.2) is 0 Å². The van der Waals surface area contributed by atoms with Gasteiger partial charge in [0.2, 0.25) is 0 Å². The Hall–Kier alpha value is -0.820. The third kappa shape index (κ3) is 5.82. The monoisotopic (exact) mass is 287 g/mol. The van der Waals surface area contributed by atoms with Crippen LogP contribution in [0.1, 0.15) is 69.9 Å². The first-order chi connectivity index (χ1) is 10.3. The summed E-state index contributed by atoms with van der Waals surface area (Å²) in [7, 11) is 0. The summed E-state index contributed by atoms with van der Waals surface area (Å²) < 4.78 is 0. The molecule has 1 heteroatoms. The molecule has 0 bridgehead atoms. The predicted molar refractivity (Wildman–Crippen MR) is 92.5 cm³/mol. The van der Waals surface area contributed by atoms with Crippen LogP contribution in [0.2, 0.25) is 0 Å². The first-order valence-corrected chi connectivity index (χ1v) is 9.10. The van der Waals surface area contributed by atoms with E-state index in [1.54, 1.807) is 0 Å². The van der Waals surface area contributed by atoms with Crippen LogP contribution in [0.15, 0.2) is 24.3 Å². The van der Waals surface area contributed by atoms with Crippen molar-refractivity contribution < 1.29 is 0 Å². The van der Waals surface area contributed by atoms with Gasteiger partial charge in [-0.05, 0) is 55.2 Å². The van der Waals surface area contributed by atoms with Crippen molar-refractivity contribution in [3.05, 3.63) is 35.4 Å². The van der Waals surface area contributed by atoms with Crippen LogP contribution in [0.3, 0.4) is 0 Å². The first-order valence-electron chi connectivity index (χ1n) is 9.10. The maximum Gasteiger partial charge on any atom is 0.0205 e. The van der Waals surface area contributed by atoms with E-state index in [-0.39, 0.29) is 0 Å². The number of nitrogens with one attached hydrogen (secondary N) is 1.